The Balaban J connectivity index is 1.93. The molecule has 3 heterocycles. The molecule has 5 nitrogen and oxygen atoms in total. The average Bonchev–Trinajstić information content (AvgIpc) is 2.82. The Morgan fingerprint density at radius 2 is 2.30 bits per heavy atom. The van der Waals surface area contributed by atoms with Gasteiger partial charge in [-0.1, -0.05) is 13.8 Å². The van der Waals surface area contributed by atoms with Gasteiger partial charge in [0.2, 0.25) is 12.3 Å². The number of pyridine rings is 1. The highest BCUT2D eigenvalue weighted by Gasteiger charge is 2.47. The molecule has 2 aliphatic rings. The second kappa shape index (κ2) is 5.44. The zero-order chi connectivity index (χ0) is 16.8. The fourth-order valence-electron chi connectivity index (χ4n) is 3.34. The molecule has 1 aromatic rings. The summed E-state index contributed by atoms with van der Waals surface area (Å²) in [7, 11) is 0. The van der Waals surface area contributed by atoms with Crippen molar-refractivity contribution in [2.45, 2.75) is 45.3 Å². The predicted molar refractivity (Wildman–Crippen MR) is 76.8 cm³/mol. The first-order valence-corrected chi connectivity index (χ1v) is 7.47. The highest BCUT2D eigenvalue weighted by molar-refractivity contribution is 5.83. The van der Waals surface area contributed by atoms with Crippen molar-refractivity contribution in [2.75, 3.05) is 6.54 Å². The minimum absolute atomic E-state index is 0.215. The Kier molecular flexibility index (Phi) is 3.71. The Labute approximate surface area is 132 Å². The van der Waals surface area contributed by atoms with Crippen molar-refractivity contribution in [1.29, 1.82) is 5.26 Å². The topological polar surface area (TPSA) is 66.2 Å². The molecule has 0 spiro atoms. The van der Waals surface area contributed by atoms with Crippen molar-refractivity contribution in [3.05, 3.63) is 23.5 Å². The molecule has 1 amide bonds. The number of rotatable bonds is 3. The summed E-state index contributed by atoms with van der Waals surface area (Å²) in [6, 6.07) is 1.76. The third kappa shape index (κ3) is 2.62. The third-order valence-electron chi connectivity index (χ3n) is 4.46. The molecule has 1 fully saturated rings. The van der Waals surface area contributed by atoms with Crippen LogP contribution in [0.15, 0.2) is 12.4 Å². The Morgan fingerprint density at radius 1 is 1.57 bits per heavy atom. The van der Waals surface area contributed by atoms with Crippen LogP contribution < -0.4 is 4.74 Å². The number of amides is 1. The van der Waals surface area contributed by atoms with Crippen molar-refractivity contribution in [3.8, 4) is 11.8 Å². The van der Waals surface area contributed by atoms with E-state index in [1.54, 1.807) is 11.1 Å². The van der Waals surface area contributed by atoms with Gasteiger partial charge >= 0.3 is 0 Å². The lowest BCUT2D eigenvalue weighted by atomic mass is 9.87. The Hall–Kier alpha value is -2.23. The largest absolute Gasteiger partial charge is 0.487 e. The number of fused-ring (bicyclic) bond motifs is 4. The van der Waals surface area contributed by atoms with E-state index in [4.69, 9.17) is 10.00 Å². The first-order valence-electron chi connectivity index (χ1n) is 7.47. The summed E-state index contributed by atoms with van der Waals surface area (Å²) in [6.45, 7) is 3.42. The van der Waals surface area contributed by atoms with Crippen LogP contribution in [-0.4, -0.2) is 34.9 Å². The van der Waals surface area contributed by atoms with E-state index < -0.39 is 18.3 Å². The maximum Gasteiger partial charge on any atom is 0.239 e. The summed E-state index contributed by atoms with van der Waals surface area (Å²) < 4.78 is 31.3. The number of nitrogens with zero attached hydrogens (tertiary/aromatic N) is 3. The van der Waals surface area contributed by atoms with Crippen LogP contribution in [-0.2, 0) is 4.79 Å². The van der Waals surface area contributed by atoms with E-state index in [-0.39, 0.29) is 18.1 Å². The number of aromatic nitrogens is 1. The number of ether oxygens (including phenoxy) is 1. The van der Waals surface area contributed by atoms with Gasteiger partial charge in [-0.3, -0.25) is 9.78 Å². The quantitative estimate of drug-likeness (QED) is 0.858. The normalized spacial score (nSPS) is 22.5. The van der Waals surface area contributed by atoms with Crippen LogP contribution in [0.25, 0.3) is 0 Å². The van der Waals surface area contributed by atoms with Gasteiger partial charge in [0.15, 0.2) is 0 Å². The monoisotopic (exact) mass is 321 g/mol. The second-order valence-electron chi connectivity index (χ2n) is 6.65. The van der Waals surface area contributed by atoms with E-state index in [0.29, 0.717) is 29.8 Å². The molecule has 1 saturated heterocycles. The fourth-order valence-corrected chi connectivity index (χ4v) is 3.34. The van der Waals surface area contributed by atoms with Crippen molar-refractivity contribution in [3.63, 3.8) is 0 Å². The number of halogens is 2. The Morgan fingerprint density at radius 3 is 2.96 bits per heavy atom. The molecular formula is C16H17F2N3O2. The molecule has 23 heavy (non-hydrogen) atoms. The van der Waals surface area contributed by atoms with Gasteiger partial charge in [0.25, 0.3) is 0 Å². The summed E-state index contributed by atoms with van der Waals surface area (Å²) in [4.78, 5) is 18.4. The number of carbonyl (C=O) groups is 1. The number of hydrogen-bond donors (Lipinski definition) is 0. The Bertz CT molecular complexity index is 684. The van der Waals surface area contributed by atoms with Crippen LogP contribution in [0.3, 0.4) is 0 Å². The maximum absolute atomic E-state index is 12.8. The van der Waals surface area contributed by atoms with Crippen molar-refractivity contribution in [1.82, 2.24) is 9.88 Å². The standard InChI is InChI=1S/C16H17F2N3O2/c1-16(2,4-13(17)18)15(22)21-8-10-3-12(21)11-7-20-6-9(5-19)14(11)23-10/h6-7,10,12-13H,3-4,8H2,1-2H3/t10-,12-/m0/s1. The van der Waals surface area contributed by atoms with Gasteiger partial charge in [0, 0.05) is 36.2 Å². The minimum atomic E-state index is -2.54. The minimum Gasteiger partial charge on any atom is -0.487 e. The summed E-state index contributed by atoms with van der Waals surface area (Å²) >= 11 is 0. The molecule has 0 saturated carbocycles. The van der Waals surface area contributed by atoms with Gasteiger partial charge in [-0.25, -0.2) is 8.78 Å². The number of hydrogen-bond acceptors (Lipinski definition) is 4. The van der Waals surface area contributed by atoms with Crippen LogP contribution in [0.2, 0.25) is 0 Å². The highest BCUT2D eigenvalue weighted by atomic mass is 19.3. The van der Waals surface area contributed by atoms with E-state index in [9.17, 15) is 13.6 Å². The molecule has 0 unspecified atom stereocenters. The number of alkyl halides is 2. The summed E-state index contributed by atoms with van der Waals surface area (Å²) in [6.07, 6.45) is 0.378. The van der Waals surface area contributed by atoms with Gasteiger partial charge in [0.05, 0.1) is 12.6 Å². The lowest BCUT2D eigenvalue weighted by Crippen LogP contribution is -2.41. The number of carbonyl (C=O) groups excluding carboxylic acids is 1. The average molecular weight is 321 g/mol. The molecule has 3 rings (SSSR count). The molecule has 1 aromatic heterocycles. The highest BCUT2D eigenvalue weighted by Crippen LogP contribution is 2.46. The van der Waals surface area contributed by atoms with Crippen LogP contribution in [0, 0.1) is 16.7 Å². The van der Waals surface area contributed by atoms with Crippen molar-refractivity contribution >= 4 is 5.91 Å². The van der Waals surface area contributed by atoms with Crippen LogP contribution in [0.1, 0.15) is 43.9 Å². The summed E-state index contributed by atoms with van der Waals surface area (Å²) in [5, 5.41) is 9.16. The maximum atomic E-state index is 12.8. The van der Waals surface area contributed by atoms with E-state index >= 15 is 0 Å². The zero-order valence-electron chi connectivity index (χ0n) is 12.9. The molecule has 0 radical (unpaired) electrons. The van der Waals surface area contributed by atoms with Crippen molar-refractivity contribution < 1.29 is 18.3 Å². The number of likely N-dealkylation sites (tertiary alicyclic amines) is 1. The first kappa shape index (κ1) is 15.7. The SMILES string of the molecule is CC(C)(CC(F)F)C(=O)N1C[C@@H]2C[C@H]1c1cncc(C#N)c1O2. The smallest absolute Gasteiger partial charge is 0.239 e. The summed E-state index contributed by atoms with van der Waals surface area (Å²) in [5.74, 6) is 0.148. The van der Waals surface area contributed by atoms with Gasteiger partial charge in [-0.05, 0) is 0 Å². The molecular weight excluding hydrogens is 304 g/mol. The van der Waals surface area contributed by atoms with Crippen LogP contribution >= 0.6 is 0 Å². The second-order valence-corrected chi connectivity index (χ2v) is 6.65. The van der Waals surface area contributed by atoms with E-state index in [1.165, 1.54) is 20.0 Å². The molecule has 0 aromatic carbocycles. The molecule has 122 valence electrons. The fraction of sp³-hybridized carbons (Fsp3) is 0.562. The molecule has 2 atom stereocenters. The van der Waals surface area contributed by atoms with Gasteiger partial charge in [-0.15, -0.1) is 0 Å². The van der Waals surface area contributed by atoms with Gasteiger partial charge in [-0.2, -0.15) is 5.26 Å². The zero-order valence-corrected chi connectivity index (χ0v) is 12.9. The van der Waals surface area contributed by atoms with Gasteiger partial charge < -0.3 is 9.64 Å². The van der Waals surface area contributed by atoms with Gasteiger partial charge in [0.1, 0.15) is 23.5 Å². The molecule has 7 heteroatoms. The molecule has 0 N–H and O–H groups in total. The van der Waals surface area contributed by atoms with Crippen LogP contribution in [0.5, 0.6) is 5.75 Å². The third-order valence-corrected chi connectivity index (χ3v) is 4.46. The molecule has 0 aliphatic carbocycles. The summed E-state index contributed by atoms with van der Waals surface area (Å²) in [5.41, 5.74) is -0.135. The molecule has 2 aliphatic heterocycles. The van der Waals surface area contributed by atoms with Crippen LogP contribution in [0.4, 0.5) is 8.78 Å². The van der Waals surface area contributed by atoms with E-state index in [1.807, 2.05) is 6.07 Å². The lowest BCUT2D eigenvalue weighted by molar-refractivity contribution is -0.143. The number of nitriles is 1. The van der Waals surface area contributed by atoms with Crippen molar-refractivity contribution in [2.24, 2.45) is 5.41 Å². The first-order chi connectivity index (χ1) is 10.8. The van der Waals surface area contributed by atoms with E-state index in [2.05, 4.69) is 4.98 Å². The molecule has 2 bridgehead atoms. The van der Waals surface area contributed by atoms with E-state index in [0.717, 1.165) is 0 Å². The predicted octanol–water partition coefficient (Wildman–Crippen LogP) is 2.67. The lowest BCUT2D eigenvalue weighted by Gasteiger charge is -2.33.